The summed E-state index contributed by atoms with van der Waals surface area (Å²) >= 11 is 0. The molecule has 80 valence electrons. The van der Waals surface area contributed by atoms with Crippen molar-refractivity contribution in [3.05, 3.63) is 47.8 Å². The number of hydrogen-bond donors (Lipinski definition) is 2. The fourth-order valence-electron chi connectivity index (χ4n) is 1.48. The molecule has 4 N–H and O–H groups in total. The molecule has 4 nitrogen and oxygen atoms in total. The van der Waals surface area contributed by atoms with Gasteiger partial charge in [0.25, 0.3) is 5.91 Å². The lowest BCUT2D eigenvalue weighted by molar-refractivity contribution is -0.114. The largest absolute Gasteiger partial charge is 0.394 e. The Bertz CT molecular complexity index is 570. The van der Waals surface area contributed by atoms with E-state index in [0.717, 1.165) is 16.5 Å². The molecule has 1 aromatic carbocycles. The number of nitrogens with zero attached hydrogens (tertiary/aromatic N) is 1. The van der Waals surface area contributed by atoms with E-state index in [4.69, 9.17) is 11.5 Å². The van der Waals surface area contributed by atoms with Gasteiger partial charge in [-0.25, -0.2) is 0 Å². The zero-order chi connectivity index (χ0) is 11.5. The highest BCUT2D eigenvalue weighted by atomic mass is 16.1. The Morgan fingerprint density at radius 2 is 1.94 bits per heavy atom. The number of carbonyl (C=O) groups is 1. The fraction of sp³-hybridized carbons (Fsp3) is 0. The Balaban J connectivity index is 2.61. The van der Waals surface area contributed by atoms with Gasteiger partial charge < -0.3 is 11.5 Å². The Morgan fingerprint density at radius 3 is 2.69 bits per heavy atom. The SMILES string of the molecule is NC(=O)C(N)=Cc1ccnc2ccccc12. The van der Waals surface area contributed by atoms with Crippen LogP contribution in [0.5, 0.6) is 0 Å². The minimum Gasteiger partial charge on any atom is -0.394 e. The van der Waals surface area contributed by atoms with Gasteiger partial charge in [-0.05, 0) is 23.8 Å². The van der Waals surface area contributed by atoms with Crippen molar-refractivity contribution in [3.8, 4) is 0 Å². The number of amides is 1. The number of primary amides is 1. The van der Waals surface area contributed by atoms with Gasteiger partial charge in [-0.3, -0.25) is 9.78 Å². The van der Waals surface area contributed by atoms with Crippen LogP contribution in [0.25, 0.3) is 17.0 Å². The smallest absolute Gasteiger partial charge is 0.264 e. The summed E-state index contributed by atoms with van der Waals surface area (Å²) in [5, 5.41) is 0.939. The van der Waals surface area contributed by atoms with Gasteiger partial charge in [0.1, 0.15) is 0 Å². The highest BCUT2D eigenvalue weighted by molar-refractivity contribution is 5.98. The van der Waals surface area contributed by atoms with Crippen molar-refractivity contribution in [2.45, 2.75) is 0 Å². The van der Waals surface area contributed by atoms with Crippen molar-refractivity contribution in [2.24, 2.45) is 11.5 Å². The van der Waals surface area contributed by atoms with Crippen molar-refractivity contribution in [3.63, 3.8) is 0 Å². The normalized spacial score (nSPS) is 11.6. The van der Waals surface area contributed by atoms with Crippen LogP contribution in [0.4, 0.5) is 0 Å². The molecule has 0 spiro atoms. The highest BCUT2D eigenvalue weighted by Gasteiger charge is 2.02. The molecule has 0 aliphatic carbocycles. The van der Waals surface area contributed by atoms with E-state index >= 15 is 0 Å². The number of para-hydroxylation sites is 1. The van der Waals surface area contributed by atoms with Gasteiger partial charge in [0, 0.05) is 11.6 Å². The maximum atomic E-state index is 10.9. The average Bonchev–Trinajstić information content (AvgIpc) is 2.29. The molecule has 0 fully saturated rings. The molecule has 2 aromatic rings. The van der Waals surface area contributed by atoms with Gasteiger partial charge in [0.15, 0.2) is 0 Å². The van der Waals surface area contributed by atoms with Crippen molar-refractivity contribution in [1.82, 2.24) is 4.98 Å². The quantitative estimate of drug-likeness (QED) is 0.730. The molecule has 0 saturated heterocycles. The van der Waals surface area contributed by atoms with E-state index in [1.807, 2.05) is 24.3 Å². The molecule has 4 heteroatoms. The minimum atomic E-state index is -0.624. The van der Waals surface area contributed by atoms with Crippen LogP contribution in [0.2, 0.25) is 0 Å². The standard InChI is InChI=1S/C12H11N3O/c13-10(12(14)16)7-8-5-6-15-11-4-2-1-3-9(8)11/h1-7H,13H2,(H2,14,16). The number of aromatic nitrogens is 1. The van der Waals surface area contributed by atoms with E-state index in [0.29, 0.717) is 0 Å². The Morgan fingerprint density at radius 1 is 1.19 bits per heavy atom. The van der Waals surface area contributed by atoms with Crippen LogP contribution in [0, 0.1) is 0 Å². The molecule has 0 bridgehead atoms. The first kappa shape index (κ1) is 10.2. The molecule has 0 aliphatic heterocycles. The number of rotatable bonds is 2. The van der Waals surface area contributed by atoms with E-state index in [1.165, 1.54) is 0 Å². The first-order valence-corrected chi connectivity index (χ1v) is 4.79. The van der Waals surface area contributed by atoms with Gasteiger partial charge >= 0.3 is 0 Å². The summed E-state index contributed by atoms with van der Waals surface area (Å²) in [5.74, 6) is -0.624. The summed E-state index contributed by atoms with van der Waals surface area (Å²) < 4.78 is 0. The van der Waals surface area contributed by atoms with Crippen LogP contribution in [0.3, 0.4) is 0 Å². The predicted octanol–water partition coefficient (Wildman–Crippen LogP) is 1.02. The number of carbonyl (C=O) groups excluding carboxylic acids is 1. The highest BCUT2D eigenvalue weighted by Crippen LogP contribution is 2.17. The maximum absolute atomic E-state index is 10.9. The van der Waals surface area contributed by atoms with E-state index in [2.05, 4.69) is 4.98 Å². The summed E-state index contributed by atoms with van der Waals surface area (Å²) in [5.41, 5.74) is 12.3. The first-order valence-electron chi connectivity index (χ1n) is 4.79. The lowest BCUT2D eigenvalue weighted by atomic mass is 10.1. The zero-order valence-electron chi connectivity index (χ0n) is 8.55. The second-order valence-electron chi connectivity index (χ2n) is 3.38. The van der Waals surface area contributed by atoms with Crippen molar-refractivity contribution in [2.75, 3.05) is 0 Å². The molecule has 2 rings (SSSR count). The number of hydrogen-bond acceptors (Lipinski definition) is 3. The van der Waals surface area contributed by atoms with E-state index in [9.17, 15) is 4.79 Å². The van der Waals surface area contributed by atoms with Gasteiger partial charge in [0.2, 0.25) is 0 Å². The molecule has 0 aliphatic rings. The summed E-state index contributed by atoms with van der Waals surface area (Å²) in [4.78, 5) is 15.1. The van der Waals surface area contributed by atoms with Crippen LogP contribution >= 0.6 is 0 Å². The molecule has 0 atom stereocenters. The van der Waals surface area contributed by atoms with Crippen LogP contribution in [0.15, 0.2) is 42.2 Å². The van der Waals surface area contributed by atoms with Crippen molar-refractivity contribution >= 4 is 22.9 Å². The van der Waals surface area contributed by atoms with Crippen molar-refractivity contribution < 1.29 is 4.79 Å². The third-order valence-electron chi connectivity index (χ3n) is 2.28. The minimum absolute atomic E-state index is 0.0383. The third-order valence-corrected chi connectivity index (χ3v) is 2.28. The molecule has 16 heavy (non-hydrogen) atoms. The molecule has 1 aromatic heterocycles. The Labute approximate surface area is 92.6 Å². The number of pyridine rings is 1. The van der Waals surface area contributed by atoms with Crippen LogP contribution in [-0.4, -0.2) is 10.9 Å². The van der Waals surface area contributed by atoms with E-state index < -0.39 is 5.91 Å². The lowest BCUT2D eigenvalue weighted by Crippen LogP contribution is -2.19. The van der Waals surface area contributed by atoms with Gasteiger partial charge in [-0.1, -0.05) is 18.2 Å². The summed E-state index contributed by atoms with van der Waals surface area (Å²) in [7, 11) is 0. The molecule has 0 saturated carbocycles. The number of benzene rings is 1. The monoisotopic (exact) mass is 213 g/mol. The second kappa shape index (κ2) is 4.02. The Hall–Kier alpha value is -2.36. The third kappa shape index (κ3) is 1.86. The van der Waals surface area contributed by atoms with Crippen LogP contribution in [-0.2, 0) is 4.79 Å². The molecule has 1 heterocycles. The van der Waals surface area contributed by atoms with E-state index in [1.54, 1.807) is 18.3 Å². The van der Waals surface area contributed by atoms with Gasteiger partial charge in [0.05, 0.1) is 11.2 Å². The summed E-state index contributed by atoms with van der Waals surface area (Å²) in [6.45, 7) is 0. The van der Waals surface area contributed by atoms with Crippen LogP contribution in [0.1, 0.15) is 5.56 Å². The molecular weight excluding hydrogens is 202 g/mol. The predicted molar refractivity (Wildman–Crippen MR) is 63.1 cm³/mol. The van der Waals surface area contributed by atoms with Gasteiger partial charge in [-0.15, -0.1) is 0 Å². The zero-order valence-corrected chi connectivity index (χ0v) is 8.55. The Kier molecular flexibility index (Phi) is 2.55. The fourth-order valence-corrected chi connectivity index (χ4v) is 1.48. The van der Waals surface area contributed by atoms with Gasteiger partial charge in [-0.2, -0.15) is 0 Å². The first-order chi connectivity index (χ1) is 7.68. The molecule has 0 unspecified atom stereocenters. The van der Waals surface area contributed by atoms with E-state index in [-0.39, 0.29) is 5.70 Å². The van der Waals surface area contributed by atoms with Crippen molar-refractivity contribution in [1.29, 1.82) is 0 Å². The topological polar surface area (TPSA) is 82.0 Å². The molecule has 1 amide bonds. The second-order valence-corrected chi connectivity index (χ2v) is 3.38. The molecular formula is C12H11N3O. The van der Waals surface area contributed by atoms with Crippen LogP contribution < -0.4 is 11.5 Å². The number of nitrogens with two attached hydrogens (primary N) is 2. The molecule has 0 radical (unpaired) electrons. The average molecular weight is 213 g/mol. The number of fused-ring (bicyclic) bond motifs is 1. The lowest BCUT2D eigenvalue weighted by Gasteiger charge is -2.01. The maximum Gasteiger partial charge on any atom is 0.264 e. The summed E-state index contributed by atoms with van der Waals surface area (Å²) in [6, 6.07) is 9.41. The summed E-state index contributed by atoms with van der Waals surface area (Å²) in [6.07, 6.45) is 3.23.